The van der Waals surface area contributed by atoms with E-state index >= 15 is 0 Å². The van der Waals surface area contributed by atoms with Crippen LogP contribution in [0.15, 0.2) is 22.7 Å². The van der Waals surface area contributed by atoms with E-state index in [0.717, 1.165) is 19.6 Å². The highest BCUT2D eigenvalue weighted by molar-refractivity contribution is 9.10. The second kappa shape index (κ2) is 6.38. The van der Waals surface area contributed by atoms with Crippen molar-refractivity contribution < 1.29 is 0 Å². The number of hydrogen-bond donors (Lipinski definition) is 1. The van der Waals surface area contributed by atoms with Crippen molar-refractivity contribution in [1.82, 2.24) is 4.90 Å². The van der Waals surface area contributed by atoms with Crippen molar-refractivity contribution in [2.24, 2.45) is 11.1 Å². The van der Waals surface area contributed by atoms with Crippen LogP contribution in [0.3, 0.4) is 0 Å². The standard InChI is InChI=1S/C14H21BrN2.ClH/c1-11-3-4-12(7-13(11)15)8-17-6-5-14(2,9-16)10-17;/h3-4,7H,5-6,8-10,16H2,1-2H3;1H. The van der Waals surface area contributed by atoms with Gasteiger partial charge in [0.15, 0.2) is 0 Å². The Hall–Kier alpha value is -0.0900. The molecule has 102 valence electrons. The molecule has 1 fully saturated rings. The van der Waals surface area contributed by atoms with Gasteiger partial charge in [0.05, 0.1) is 0 Å². The lowest BCUT2D eigenvalue weighted by Crippen LogP contribution is -2.31. The molecule has 0 saturated carbocycles. The molecule has 1 aliphatic heterocycles. The van der Waals surface area contributed by atoms with Gasteiger partial charge in [0.2, 0.25) is 0 Å². The monoisotopic (exact) mass is 332 g/mol. The third-order valence-corrected chi connectivity index (χ3v) is 4.63. The summed E-state index contributed by atoms with van der Waals surface area (Å²) in [5.41, 5.74) is 8.83. The van der Waals surface area contributed by atoms with E-state index in [1.165, 1.54) is 28.6 Å². The zero-order valence-electron chi connectivity index (χ0n) is 11.1. The predicted molar refractivity (Wildman–Crippen MR) is 83.2 cm³/mol. The Morgan fingerprint density at radius 2 is 2.17 bits per heavy atom. The minimum Gasteiger partial charge on any atom is -0.330 e. The molecule has 1 aromatic carbocycles. The second-order valence-electron chi connectivity index (χ2n) is 5.56. The summed E-state index contributed by atoms with van der Waals surface area (Å²) in [7, 11) is 0. The molecule has 2 N–H and O–H groups in total. The van der Waals surface area contributed by atoms with Gasteiger partial charge in [-0.1, -0.05) is 35.0 Å². The Morgan fingerprint density at radius 3 is 2.72 bits per heavy atom. The van der Waals surface area contributed by atoms with Crippen LogP contribution in [0.4, 0.5) is 0 Å². The first-order valence-corrected chi connectivity index (χ1v) is 6.99. The van der Waals surface area contributed by atoms with E-state index in [4.69, 9.17) is 5.73 Å². The zero-order chi connectivity index (χ0) is 12.5. The summed E-state index contributed by atoms with van der Waals surface area (Å²) in [6.45, 7) is 8.52. The summed E-state index contributed by atoms with van der Waals surface area (Å²) in [5, 5.41) is 0. The molecule has 2 rings (SSSR count). The topological polar surface area (TPSA) is 29.3 Å². The molecule has 18 heavy (non-hydrogen) atoms. The van der Waals surface area contributed by atoms with E-state index in [9.17, 15) is 0 Å². The molecule has 1 saturated heterocycles. The minimum absolute atomic E-state index is 0. The SMILES string of the molecule is Cc1ccc(CN2CCC(C)(CN)C2)cc1Br.Cl. The third kappa shape index (κ3) is 3.70. The number of aryl methyl sites for hydroxylation is 1. The predicted octanol–water partition coefficient (Wildman–Crippen LogP) is 3.35. The van der Waals surface area contributed by atoms with Crippen LogP contribution < -0.4 is 5.73 Å². The average molecular weight is 334 g/mol. The zero-order valence-corrected chi connectivity index (χ0v) is 13.5. The quantitative estimate of drug-likeness (QED) is 0.919. The fourth-order valence-electron chi connectivity index (χ4n) is 2.42. The number of likely N-dealkylation sites (tertiary alicyclic amines) is 1. The average Bonchev–Trinajstić information content (AvgIpc) is 2.67. The van der Waals surface area contributed by atoms with E-state index in [1.807, 2.05) is 0 Å². The van der Waals surface area contributed by atoms with Gasteiger partial charge >= 0.3 is 0 Å². The molecule has 0 amide bonds. The first-order chi connectivity index (χ1) is 8.02. The van der Waals surface area contributed by atoms with Crippen molar-refractivity contribution >= 4 is 28.3 Å². The summed E-state index contributed by atoms with van der Waals surface area (Å²) < 4.78 is 1.20. The van der Waals surface area contributed by atoms with Crippen LogP contribution in [0.25, 0.3) is 0 Å². The second-order valence-corrected chi connectivity index (χ2v) is 6.41. The maximum absolute atomic E-state index is 5.83. The lowest BCUT2D eigenvalue weighted by atomic mass is 9.90. The molecule has 0 spiro atoms. The van der Waals surface area contributed by atoms with E-state index in [-0.39, 0.29) is 12.4 Å². The molecule has 1 aliphatic rings. The lowest BCUT2D eigenvalue weighted by Gasteiger charge is -2.22. The fraction of sp³-hybridized carbons (Fsp3) is 0.571. The number of hydrogen-bond acceptors (Lipinski definition) is 2. The molecule has 1 heterocycles. The molecule has 1 aromatic rings. The van der Waals surface area contributed by atoms with Crippen LogP contribution in [0.1, 0.15) is 24.5 Å². The lowest BCUT2D eigenvalue weighted by molar-refractivity contribution is 0.274. The fourth-order valence-corrected chi connectivity index (χ4v) is 2.85. The number of rotatable bonds is 3. The number of nitrogens with zero attached hydrogens (tertiary/aromatic N) is 1. The van der Waals surface area contributed by atoms with Crippen molar-refractivity contribution in [3.8, 4) is 0 Å². The Kier molecular flexibility index (Phi) is 5.66. The molecule has 1 atom stereocenters. The normalized spacial score (nSPS) is 24.0. The summed E-state index contributed by atoms with van der Waals surface area (Å²) in [5.74, 6) is 0. The van der Waals surface area contributed by atoms with Crippen LogP contribution in [0, 0.1) is 12.3 Å². The largest absolute Gasteiger partial charge is 0.330 e. The van der Waals surface area contributed by atoms with Crippen LogP contribution in [-0.2, 0) is 6.54 Å². The Morgan fingerprint density at radius 1 is 1.44 bits per heavy atom. The first kappa shape index (κ1) is 16.0. The van der Waals surface area contributed by atoms with Gasteiger partial charge in [-0.3, -0.25) is 4.90 Å². The molecular weight excluding hydrogens is 312 g/mol. The van der Waals surface area contributed by atoms with Crippen LogP contribution >= 0.6 is 28.3 Å². The maximum atomic E-state index is 5.83. The highest BCUT2D eigenvalue weighted by Crippen LogP contribution is 2.30. The summed E-state index contributed by atoms with van der Waals surface area (Å²) in [6, 6.07) is 6.63. The van der Waals surface area contributed by atoms with Gasteiger partial charge in [-0.2, -0.15) is 0 Å². The Bertz CT molecular complexity index is 411. The molecule has 4 heteroatoms. The molecule has 0 radical (unpaired) electrons. The summed E-state index contributed by atoms with van der Waals surface area (Å²) in [6.07, 6.45) is 1.22. The molecule has 1 unspecified atom stereocenters. The van der Waals surface area contributed by atoms with E-state index in [2.05, 4.69) is 52.9 Å². The summed E-state index contributed by atoms with van der Waals surface area (Å²) in [4.78, 5) is 2.50. The smallest absolute Gasteiger partial charge is 0.0234 e. The van der Waals surface area contributed by atoms with Gasteiger partial charge < -0.3 is 5.73 Å². The number of benzene rings is 1. The van der Waals surface area contributed by atoms with Crippen molar-refractivity contribution in [3.63, 3.8) is 0 Å². The number of nitrogens with two attached hydrogens (primary N) is 1. The third-order valence-electron chi connectivity index (χ3n) is 3.77. The van der Waals surface area contributed by atoms with Gasteiger partial charge in [-0.05, 0) is 49.0 Å². The highest BCUT2D eigenvalue weighted by atomic mass is 79.9. The molecule has 0 aliphatic carbocycles. The van der Waals surface area contributed by atoms with Gasteiger partial charge in [-0.15, -0.1) is 12.4 Å². The van der Waals surface area contributed by atoms with Crippen LogP contribution in [0.5, 0.6) is 0 Å². The Balaban J connectivity index is 0.00000162. The van der Waals surface area contributed by atoms with E-state index < -0.39 is 0 Å². The molecule has 2 nitrogen and oxygen atoms in total. The Labute approximate surface area is 124 Å². The van der Waals surface area contributed by atoms with Crippen molar-refractivity contribution in [3.05, 3.63) is 33.8 Å². The van der Waals surface area contributed by atoms with Gasteiger partial charge in [0, 0.05) is 17.6 Å². The highest BCUT2D eigenvalue weighted by Gasteiger charge is 2.32. The van der Waals surface area contributed by atoms with Gasteiger partial charge in [-0.25, -0.2) is 0 Å². The maximum Gasteiger partial charge on any atom is 0.0234 e. The summed E-state index contributed by atoms with van der Waals surface area (Å²) >= 11 is 3.59. The van der Waals surface area contributed by atoms with Crippen LogP contribution in [0.2, 0.25) is 0 Å². The molecule has 0 bridgehead atoms. The van der Waals surface area contributed by atoms with Crippen LogP contribution in [-0.4, -0.2) is 24.5 Å². The van der Waals surface area contributed by atoms with E-state index in [0.29, 0.717) is 5.41 Å². The van der Waals surface area contributed by atoms with Crippen molar-refractivity contribution in [2.45, 2.75) is 26.8 Å². The molecule has 0 aromatic heterocycles. The van der Waals surface area contributed by atoms with Crippen molar-refractivity contribution in [2.75, 3.05) is 19.6 Å². The van der Waals surface area contributed by atoms with Gasteiger partial charge in [0.1, 0.15) is 0 Å². The van der Waals surface area contributed by atoms with E-state index in [1.54, 1.807) is 0 Å². The number of halogens is 2. The van der Waals surface area contributed by atoms with Crippen molar-refractivity contribution in [1.29, 1.82) is 0 Å². The first-order valence-electron chi connectivity index (χ1n) is 6.20. The molecular formula is C14H22BrClN2. The van der Waals surface area contributed by atoms with Gasteiger partial charge in [0.25, 0.3) is 0 Å². The minimum atomic E-state index is 0.